The summed E-state index contributed by atoms with van der Waals surface area (Å²) in [7, 11) is 4.00. The minimum absolute atomic E-state index is 0.151. The Hall–Kier alpha value is -4.02. The van der Waals surface area contributed by atoms with Crippen LogP contribution in [0.4, 0.5) is 15.9 Å². The maximum atomic E-state index is 13.7. The molecule has 2 fully saturated rings. The standard InChI is InChI=1S/C29H29FN6O3/c1-35(2)14-22-24(39-18-10-29(11-18)15-38-16-29)5-6-25(34-22)33-21-4-3-19(20-12-32-28(37)27(20)21)23-13-31-26-9-17(30)7-8-36(23)26/h3-9,13,18H,10-12,14-16H2,1-2H3,(H,32,37)(H,33,34). The van der Waals surface area contributed by atoms with E-state index in [9.17, 15) is 9.18 Å². The quantitative estimate of drug-likeness (QED) is 0.372. The third kappa shape index (κ3) is 4.20. The van der Waals surface area contributed by atoms with Crippen LogP contribution in [0.5, 0.6) is 5.75 Å². The number of carbonyl (C=O) groups excluding carboxylic acids is 1. The number of ether oxygens (including phenoxy) is 2. The molecular weight excluding hydrogens is 499 g/mol. The van der Waals surface area contributed by atoms with Gasteiger partial charge < -0.3 is 25.0 Å². The van der Waals surface area contributed by atoms with Crippen LogP contribution in [0.1, 0.15) is 34.5 Å². The summed E-state index contributed by atoms with van der Waals surface area (Å²) in [6, 6.07) is 10.5. The molecule has 4 aromatic rings. The first-order valence-electron chi connectivity index (χ1n) is 13.1. The lowest BCUT2D eigenvalue weighted by Gasteiger charge is -2.52. The van der Waals surface area contributed by atoms with Crippen LogP contribution in [-0.2, 0) is 17.8 Å². The molecule has 1 aliphatic carbocycles. The summed E-state index contributed by atoms with van der Waals surface area (Å²) >= 11 is 0. The highest BCUT2D eigenvalue weighted by atomic mass is 19.1. The van der Waals surface area contributed by atoms with Crippen molar-refractivity contribution in [2.24, 2.45) is 5.41 Å². The normalized spacial score (nSPS) is 17.7. The van der Waals surface area contributed by atoms with Gasteiger partial charge in [0.25, 0.3) is 5.91 Å². The number of imidazole rings is 1. The fourth-order valence-corrected chi connectivity index (χ4v) is 5.86. The van der Waals surface area contributed by atoms with Gasteiger partial charge in [-0.05, 0) is 56.8 Å². The molecule has 3 aliphatic rings. The first-order chi connectivity index (χ1) is 18.9. The van der Waals surface area contributed by atoms with E-state index >= 15 is 0 Å². The number of hydrogen-bond acceptors (Lipinski definition) is 7. The zero-order chi connectivity index (χ0) is 26.7. The van der Waals surface area contributed by atoms with Crippen molar-refractivity contribution in [2.75, 3.05) is 32.6 Å². The van der Waals surface area contributed by atoms with Gasteiger partial charge in [0.1, 0.15) is 29.1 Å². The van der Waals surface area contributed by atoms with Gasteiger partial charge in [0.2, 0.25) is 0 Å². The molecule has 200 valence electrons. The lowest BCUT2D eigenvalue weighted by molar-refractivity contribution is -0.191. The molecule has 1 saturated heterocycles. The summed E-state index contributed by atoms with van der Waals surface area (Å²) < 4.78 is 27.2. The minimum Gasteiger partial charge on any atom is -0.488 e. The van der Waals surface area contributed by atoms with Gasteiger partial charge in [-0.2, -0.15) is 0 Å². The molecule has 0 atom stereocenters. The molecule has 3 aromatic heterocycles. The fraction of sp³-hybridized carbons (Fsp3) is 0.345. The number of nitrogens with zero attached hydrogens (tertiary/aromatic N) is 4. The van der Waals surface area contributed by atoms with Crippen LogP contribution in [0.25, 0.3) is 16.9 Å². The van der Waals surface area contributed by atoms with Gasteiger partial charge in [-0.15, -0.1) is 0 Å². The summed E-state index contributed by atoms with van der Waals surface area (Å²) in [4.78, 5) is 24.2. The number of fused-ring (bicyclic) bond motifs is 2. The SMILES string of the molecule is CN(C)Cc1nc(Nc2ccc(-c3cnc4cc(F)ccn34)c3c2C(=O)NC3)ccc1OC1CC2(COC2)C1. The zero-order valence-electron chi connectivity index (χ0n) is 21.8. The van der Waals surface area contributed by atoms with Crippen molar-refractivity contribution in [2.45, 2.75) is 32.0 Å². The second-order valence-corrected chi connectivity index (χ2v) is 11.1. The Bertz CT molecular complexity index is 1600. The minimum atomic E-state index is -0.344. The fourth-order valence-electron chi connectivity index (χ4n) is 5.86. The van der Waals surface area contributed by atoms with Gasteiger partial charge in [-0.25, -0.2) is 14.4 Å². The Labute approximate surface area is 225 Å². The van der Waals surface area contributed by atoms with E-state index in [1.807, 2.05) is 42.8 Å². The van der Waals surface area contributed by atoms with Crippen molar-refractivity contribution < 1.29 is 18.7 Å². The third-order valence-electron chi connectivity index (χ3n) is 7.81. The second kappa shape index (κ2) is 9.03. The van der Waals surface area contributed by atoms with Crippen molar-refractivity contribution in [1.29, 1.82) is 0 Å². The lowest BCUT2D eigenvalue weighted by Crippen LogP contribution is -2.56. The number of hydrogen-bond donors (Lipinski definition) is 2. The summed E-state index contributed by atoms with van der Waals surface area (Å²) in [5, 5.41) is 6.31. The van der Waals surface area contributed by atoms with Gasteiger partial charge in [0.15, 0.2) is 0 Å². The van der Waals surface area contributed by atoms with E-state index < -0.39 is 0 Å². The van der Waals surface area contributed by atoms with Crippen molar-refractivity contribution >= 4 is 23.1 Å². The summed E-state index contributed by atoms with van der Waals surface area (Å²) in [6.45, 7) is 2.70. The molecule has 5 heterocycles. The highest BCUT2D eigenvalue weighted by Gasteiger charge is 2.51. The van der Waals surface area contributed by atoms with Crippen LogP contribution in [-0.4, -0.2) is 58.6 Å². The second-order valence-electron chi connectivity index (χ2n) is 11.1. The molecule has 2 aliphatic heterocycles. The van der Waals surface area contributed by atoms with Gasteiger partial charge >= 0.3 is 0 Å². The van der Waals surface area contributed by atoms with Gasteiger partial charge in [0, 0.05) is 36.3 Å². The first kappa shape index (κ1) is 24.1. The van der Waals surface area contributed by atoms with E-state index in [-0.39, 0.29) is 17.8 Å². The van der Waals surface area contributed by atoms with E-state index in [0.717, 1.165) is 54.3 Å². The molecule has 0 radical (unpaired) electrons. The van der Waals surface area contributed by atoms with E-state index in [0.29, 0.717) is 41.2 Å². The highest BCUT2D eigenvalue weighted by molar-refractivity contribution is 6.06. The highest BCUT2D eigenvalue weighted by Crippen LogP contribution is 2.48. The average molecular weight is 529 g/mol. The largest absolute Gasteiger partial charge is 0.488 e. The molecule has 2 N–H and O–H groups in total. The van der Waals surface area contributed by atoms with Gasteiger partial charge in [-0.1, -0.05) is 6.07 Å². The van der Waals surface area contributed by atoms with Crippen LogP contribution in [0.2, 0.25) is 0 Å². The summed E-state index contributed by atoms with van der Waals surface area (Å²) in [5.41, 5.74) is 5.45. The number of pyridine rings is 2. The Morgan fingerprint density at radius 1 is 1.23 bits per heavy atom. The summed E-state index contributed by atoms with van der Waals surface area (Å²) in [5.74, 6) is 0.929. The van der Waals surface area contributed by atoms with Crippen LogP contribution in [0.3, 0.4) is 0 Å². The number of aromatic nitrogens is 3. The van der Waals surface area contributed by atoms with Gasteiger partial charge in [-0.3, -0.25) is 9.20 Å². The number of anilines is 2. The topological polar surface area (TPSA) is 93.0 Å². The maximum Gasteiger partial charge on any atom is 0.254 e. The number of nitrogens with one attached hydrogen (secondary N) is 2. The molecule has 39 heavy (non-hydrogen) atoms. The van der Waals surface area contributed by atoms with E-state index in [1.54, 1.807) is 12.4 Å². The van der Waals surface area contributed by atoms with Crippen LogP contribution >= 0.6 is 0 Å². The summed E-state index contributed by atoms with van der Waals surface area (Å²) in [6.07, 6.45) is 5.58. The van der Waals surface area contributed by atoms with Gasteiger partial charge in [0.05, 0.1) is 42.0 Å². The Morgan fingerprint density at radius 2 is 2.08 bits per heavy atom. The zero-order valence-corrected chi connectivity index (χ0v) is 21.8. The van der Waals surface area contributed by atoms with Crippen molar-refractivity contribution in [3.8, 4) is 17.0 Å². The van der Waals surface area contributed by atoms with Crippen molar-refractivity contribution in [3.63, 3.8) is 0 Å². The number of amides is 1. The molecule has 0 bridgehead atoms. The van der Waals surface area contributed by atoms with Crippen LogP contribution in [0.15, 0.2) is 48.8 Å². The molecule has 0 unspecified atom stereocenters. The predicted molar refractivity (Wildman–Crippen MR) is 144 cm³/mol. The number of carbonyl (C=O) groups is 1. The lowest BCUT2D eigenvalue weighted by atomic mass is 9.65. The molecule has 1 amide bonds. The monoisotopic (exact) mass is 528 g/mol. The molecule has 1 saturated carbocycles. The molecular formula is C29H29FN6O3. The molecule has 7 rings (SSSR count). The maximum absolute atomic E-state index is 13.7. The van der Waals surface area contributed by atoms with E-state index in [4.69, 9.17) is 14.5 Å². The predicted octanol–water partition coefficient (Wildman–Crippen LogP) is 4.14. The third-order valence-corrected chi connectivity index (χ3v) is 7.81. The number of halogens is 1. The first-order valence-corrected chi connectivity index (χ1v) is 13.1. The van der Waals surface area contributed by atoms with E-state index in [1.165, 1.54) is 12.1 Å². The molecule has 1 aromatic carbocycles. The van der Waals surface area contributed by atoms with Crippen LogP contribution < -0.4 is 15.4 Å². The van der Waals surface area contributed by atoms with Crippen molar-refractivity contribution in [1.82, 2.24) is 24.6 Å². The number of rotatable bonds is 7. The van der Waals surface area contributed by atoms with Crippen LogP contribution in [0, 0.1) is 11.2 Å². The Kier molecular flexibility index (Phi) is 5.57. The number of benzene rings is 1. The Balaban J connectivity index is 1.19. The average Bonchev–Trinajstić information content (AvgIpc) is 3.45. The van der Waals surface area contributed by atoms with Crippen molar-refractivity contribution in [3.05, 3.63) is 71.4 Å². The Morgan fingerprint density at radius 3 is 2.85 bits per heavy atom. The molecule has 10 heteroatoms. The molecule has 9 nitrogen and oxygen atoms in total. The smallest absolute Gasteiger partial charge is 0.254 e. The molecule has 1 spiro atoms. The van der Waals surface area contributed by atoms with E-state index in [2.05, 4.69) is 20.5 Å².